The van der Waals surface area contributed by atoms with Crippen molar-refractivity contribution in [2.24, 2.45) is 16.6 Å². The molecule has 1 aromatic carbocycles. The van der Waals surface area contributed by atoms with Crippen molar-refractivity contribution in [3.05, 3.63) is 39.9 Å². The molecule has 1 aromatic rings. The maximum atomic E-state index is 10.4. The highest BCUT2D eigenvalue weighted by Gasteiger charge is 2.04. The molecule has 0 aliphatic rings. The number of nitrogens with two attached hydrogens (primary N) is 2. The minimum absolute atomic E-state index is 0.00949. The van der Waals surface area contributed by atoms with Crippen molar-refractivity contribution in [1.82, 2.24) is 0 Å². The van der Waals surface area contributed by atoms with Crippen LogP contribution in [-0.4, -0.2) is 17.1 Å². The SMILES string of the molecule is NC(N)=N/[NH+]=C/c1cccc([N+](=O)[O-])c1. The van der Waals surface area contributed by atoms with Crippen LogP contribution in [0.2, 0.25) is 0 Å². The van der Waals surface area contributed by atoms with Crippen molar-refractivity contribution in [3.63, 3.8) is 0 Å². The van der Waals surface area contributed by atoms with Crippen LogP contribution >= 0.6 is 0 Å². The van der Waals surface area contributed by atoms with E-state index < -0.39 is 4.92 Å². The molecule has 0 amide bonds. The van der Waals surface area contributed by atoms with E-state index in [1.807, 2.05) is 0 Å². The van der Waals surface area contributed by atoms with Gasteiger partial charge in [-0.15, -0.1) is 5.10 Å². The molecule has 0 bridgehead atoms. The summed E-state index contributed by atoms with van der Waals surface area (Å²) in [4.78, 5) is 9.96. The molecule has 0 aliphatic heterocycles. The molecule has 78 valence electrons. The second-order valence-electron chi connectivity index (χ2n) is 2.66. The number of nitrogens with one attached hydrogen (secondary N) is 1. The quantitative estimate of drug-likeness (QED) is 0.237. The summed E-state index contributed by atoms with van der Waals surface area (Å²) in [5, 5.41) is 16.4. The zero-order valence-corrected chi connectivity index (χ0v) is 7.75. The monoisotopic (exact) mass is 208 g/mol. The molecular formula is C8H10N5O2+. The number of nitro groups is 1. The summed E-state index contributed by atoms with van der Waals surface area (Å²) in [5.74, 6) is -0.114. The summed E-state index contributed by atoms with van der Waals surface area (Å²) in [6.07, 6.45) is 1.45. The number of nitrogens with zero attached hydrogens (tertiary/aromatic N) is 2. The molecule has 0 aromatic heterocycles. The number of guanidine groups is 1. The van der Waals surface area contributed by atoms with Crippen LogP contribution in [0.5, 0.6) is 0 Å². The van der Waals surface area contributed by atoms with E-state index in [2.05, 4.69) is 10.2 Å². The first-order valence-electron chi connectivity index (χ1n) is 4.01. The lowest BCUT2D eigenvalue weighted by Crippen LogP contribution is -2.63. The van der Waals surface area contributed by atoms with Crippen LogP contribution in [0.25, 0.3) is 0 Å². The van der Waals surface area contributed by atoms with Gasteiger partial charge in [-0.1, -0.05) is 6.07 Å². The van der Waals surface area contributed by atoms with E-state index in [4.69, 9.17) is 11.5 Å². The van der Waals surface area contributed by atoms with E-state index in [1.165, 1.54) is 18.3 Å². The van der Waals surface area contributed by atoms with Gasteiger partial charge in [-0.2, -0.15) is 0 Å². The van der Waals surface area contributed by atoms with Gasteiger partial charge >= 0.3 is 0 Å². The van der Waals surface area contributed by atoms with E-state index in [0.717, 1.165) is 0 Å². The fourth-order valence-corrected chi connectivity index (χ4v) is 0.909. The van der Waals surface area contributed by atoms with Gasteiger partial charge in [-0.3, -0.25) is 10.1 Å². The van der Waals surface area contributed by atoms with E-state index >= 15 is 0 Å². The Balaban J connectivity index is 2.87. The largest absolute Gasteiger partial charge is 0.365 e. The standard InChI is InChI=1S/C8H9N5O2/c9-8(10)12-11-5-6-2-1-3-7(4-6)13(14)15/h1-5H,(H4,9,10,12)/p+1/b11-5+. The first-order valence-corrected chi connectivity index (χ1v) is 4.01. The van der Waals surface area contributed by atoms with Crippen LogP contribution in [0.3, 0.4) is 0 Å². The zero-order valence-electron chi connectivity index (χ0n) is 7.75. The van der Waals surface area contributed by atoms with Gasteiger partial charge in [-0.05, 0) is 6.07 Å². The second kappa shape index (κ2) is 4.70. The van der Waals surface area contributed by atoms with Crippen molar-refractivity contribution in [1.29, 1.82) is 0 Å². The van der Waals surface area contributed by atoms with Crippen LogP contribution < -0.4 is 16.6 Å². The summed E-state index contributed by atoms with van der Waals surface area (Å²) in [6, 6.07) is 6.05. The number of non-ortho nitro benzene ring substituents is 1. The number of hydrogen-bond acceptors (Lipinski definition) is 3. The predicted molar refractivity (Wildman–Crippen MR) is 55.0 cm³/mol. The molecule has 0 aliphatic carbocycles. The van der Waals surface area contributed by atoms with Gasteiger partial charge < -0.3 is 11.5 Å². The van der Waals surface area contributed by atoms with Gasteiger partial charge in [0.15, 0.2) is 0 Å². The highest BCUT2D eigenvalue weighted by Crippen LogP contribution is 2.10. The first-order chi connectivity index (χ1) is 7.09. The van der Waals surface area contributed by atoms with Crippen molar-refractivity contribution in [3.8, 4) is 0 Å². The lowest BCUT2D eigenvalue weighted by Gasteiger charge is -1.90. The molecule has 0 fully saturated rings. The van der Waals surface area contributed by atoms with Gasteiger partial charge in [0.05, 0.1) is 4.92 Å². The molecule has 0 heterocycles. The summed E-state index contributed by atoms with van der Waals surface area (Å²) >= 11 is 0. The fraction of sp³-hybridized carbons (Fsp3) is 0. The highest BCUT2D eigenvalue weighted by molar-refractivity contribution is 5.77. The Morgan fingerprint density at radius 1 is 1.53 bits per heavy atom. The van der Waals surface area contributed by atoms with E-state index in [-0.39, 0.29) is 11.6 Å². The van der Waals surface area contributed by atoms with Gasteiger partial charge in [0.1, 0.15) is 0 Å². The van der Waals surface area contributed by atoms with Gasteiger partial charge in [0.25, 0.3) is 11.6 Å². The van der Waals surface area contributed by atoms with E-state index in [9.17, 15) is 10.1 Å². The molecular weight excluding hydrogens is 198 g/mol. The third-order valence-corrected chi connectivity index (χ3v) is 1.51. The zero-order chi connectivity index (χ0) is 11.3. The summed E-state index contributed by atoms with van der Waals surface area (Å²) in [6.45, 7) is 0. The molecule has 7 heteroatoms. The molecule has 0 saturated carbocycles. The average Bonchev–Trinajstić information content (AvgIpc) is 2.17. The Morgan fingerprint density at radius 2 is 2.27 bits per heavy atom. The smallest absolute Gasteiger partial charge is 0.270 e. The number of benzene rings is 1. The Morgan fingerprint density at radius 3 is 2.87 bits per heavy atom. The van der Waals surface area contributed by atoms with E-state index in [0.29, 0.717) is 5.56 Å². The Labute approximate surface area is 85.3 Å². The van der Waals surface area contributed by atoms with Gasteiger partial charge in [0.2, 0.25) is 6.21 Å². The number of hydrogen-bond donors (Lipinski definition) is 3. The third kappa shape index (κ3) is 3.43. The number of nitro benzene ring substituents is 1. The normalized spacial score (nSPS) is 10.1. The van der Waals surface area contributed by atoms with Crippen LogP contribution in [0, 0.1) is 10.1 Å². The third-order valence-electron chi connectivity index (χ3n) is 1.51. The predicted octanol–water partition coefficient (Wildman–Crippen LogP) is -1.72. The number of hydrazone groups is 1. The molecule has 0 radical (unpaired) electrons. The maximum Gasteiger partial charge on any atom is 0.270 e. The van der Waals surface area contributed by atoms with E-state index in [1.54, 1.807) is 12.1 Å². The minimum Gasteiger partial charge on any atom is -0.365 e. The first kappa shape index (κ1) is 10.6. The molecule has 15 heavy (non-hydrogen) atoms. The minimum atomic E-state index is -0.474. The second-order valence-corrected chi connectivity index (χ2v) is 2.66. The van der Waals surface area contributed by atoms with Crippen molar-refractivity contribution >= 4 is 17.9 Å². The Kier molecular flexibility index (Phi) is 3.33. The van der Waals surface area contributed by atoms with Gasteiger partial charge in [0, 0.05) is 22.8 Å². The topological polar surface area (TPSA) is 122 Å². The van der Waals surface area contributed by atoms with Crippen LogP contribution in [0.1, 0.15) is 5.56 Å². The van der Waals surface area contributed by atoms with Crippen molar-refractivity contribution < 1.29 is 10.0 Å². The molecule has 7 nitrogen and oxygen atoms in total. The van der Waals surface area contributed by atoms with Crippen LogP contribution in [0.15, 0.2) is 29.4 Å². The molecule has 0 atom stereocenters. The van der Waals surface area contributed by atoms with Crippen molar-refractivity contribution in [2.75, 3.05) is 0 Å². The molecule has 0 saturated heterocycles. The lowest BCUT2D eigenvalue weighted by atomic mass is 10.2. The Bertz CT molecular complexity index is 423. The number of rotatable bonds is 3. The van der Waals surface area contributed by atoms with Gasteiger partial charge in [-0.25, -0.2) is 0 Å². The summed E-state index contributed by atoms with van der Waals surface area (Å²) < 4.78 is 0. The molecule has 0 unspecified atom stereocenters. The highest BCUT2D eigenvalue weighted by atomic mass is 16.6. The average molecular weight is 208 g/mol. The summed E-state index contributed by atoms with van der Waals surface area (Å²) in [5.41, 5.74) is 10.8. The molecule has 1 rings (SSSR count). The lowest BCUT2D eigenvalue weighted by molar-refractivity contribution is -0.456. The molecule has 5 N–H and O–H groups in total. The Hall–Kier alpha value is -2.44. The van der Waals surface area contributed by atoms with Crippen LogP contribution in [0.4, 0.5) is 5.69 Å². The maximum absolute atomic E-state index is 10.4. The fourth-order valence-electron chi connectivity index (χ4n) is 0.909. The van der Waals surface area contributed by atoms with Crippen LogP contribution in [-0.2, 0) is 0 Å². The molecule has 0 spiro atoms. The van der Waals surface area contributed by atoms with Crippen molar-refractivity contribution in [2.45, 2.75) is 0 Å². The summed E-state index contributed by atoms with van der Waals surface area (Å²) in [7, 11) is 0.